The van der Waals surface area contributed by atoms with Gasteiger partial charge in [0.05, 0.1) is 4.90 Å². The van der Waals surface area contributed by atoms with Crippen molar-refractivity contribution in [3.05, 3.63) is 29.8 Å². The summed E-state index contributed by atoms with van der Waals surface area (Å²) in [5.41, 5.74) is 0.582. The molecule has 21 heavy (non-hydrogen) atoms. The maximum atomic E-state index is 12.4. The van der Waals surface area contributed by atoms with E-state index in [4.69, 9.17) is 0 Å². The van der Waals surface area contributed by atoms with Gasteiger partial charge in [-0.15, -0.1) is 0 Å². The molecule has 0 amide bonds. The smallest absolute Gasteiger partial charge is 0.240 e. The number of sulfonamides is 1. The Morgan fingerprint density at radius 1 is 1.29 bits per heavy atom. The zero-order valence-electron chi connectivity index (χ0n) is 12.7. The highest BCUT2D eigenvalue weighted by atomic mass is 32.2. The molecule has 0 bridgehead atoms. The van der Waals surface area contributed by atoms with Gasteiger partial charge in [0, 0.05) is 18.5 Å². The molecule has 0 aromatic heterocycles. The average molecular weight is 309 g/mol. The summed E-state index contributed by atoms with van der Waals surface area (Å²) in [4.78, 5) is 11.9. The Morgan fingerprint density at radius 2 is 2.00 bits per heavy atom. The summed E-state index contributed by atoms with van der Waals surface area (Å²) in [6.07, 6.45) is 4.70. The van der Waals surface area contributed by atoms with E-state index in [9.17, 15) is 13.2 Å². The molecular formula is C16H23NO3S. The van der Waals surface area contributed by atoms with Crippen LogP contribution in [0.15, 0.2) is 29.2 Å². The van der Waals surface area contributed by atoms with Gasteiger partial charge in [-0.3, -0.25) is 4.79 Å². The number of benzene rings is 1. The first-order chi connectivity index (χ1) is 9.92. The van der Waals surface area contributed by atoms with Gasteiger partial charge in [0.1, 0.15) is 0 Å². The van der Waals surface area contributed by atoms with Crippen molar-refractivity contribution in [2.75, 3.05) is 6.54 Å². The summed E-state index contributed by atoms with van der Waals surface area (Å²) in [6.45, 7) is 4.36. The molecule has 0 saturated heterocycles. The highest BCUT2D eigenvalue weighted by Crippen LogP contribution is 2.43. The third-order valence-electron chi connectivity index (χ3n) is 4.59. The van der Waals surface area contributed by atoms with Crippen molar-refractivity contribution in [3.63, 3.8) is 0 Å². The normalized spacial score (nSPS) is 17.2. The molecule has 1 aliphatic carbocycles. The zero-order valence-corrected chi connectivity index (χ0v) is 13.5. The lowest BCUT2D eigenvalue weighted by Gasteiger charge is -2.41. The van der Waals surface area contributed by atoms with E-state index in [-0.39, 0.29) is 16.1 Å². The van der Waals surface area contributed by atoms with Crippen molar-refractivity contribution in [1.29, 1.82) is 0 Å². The van der Waals surface area contributed by atoms with E-state index in [1.54, 1.807) is 19.1 Å². The maximum absolute atomic E-state index is 12.4. The molecule has 1 fully saturated rings. The first-order valence-corrected chi connectivity index (χ1v) is 9.04. The van der Waals surface area contributed by atoms with Crippen LogP contribution in [0.4, 0.5) is 0 Å². The number of Topliss-reactive ketones (excluding diaryl/α,β-unsaturated/α-hetero) is 1. The number of carbonyl (C=O) groups excluding carboxylic acids is 1. The second kappa shape index (κ2) is 6.28. The summed E-state index contributed by atoms with van der Waals surface area (Å²) in [7, 11) is -3.55. The molecule has 0 radical (unpaired) electrons. The molecule has 5 heteroatoms. The minimum atomic E-state index is -3.55. The lowest BCUT2D eigenvalue weighted by Crippen LogP contribution is -2.41. The van der Waals surface area contributed by atoms with Crippen LogP contribution in [-0.2, 0) is 10.0 Å². The van der Waals surface area contributed by atoms with E-state index in [0.717, 1.165) is 19.3 Å². The molecule has 0 spiro atoms. The van der Waals surface area contributed by atoms with Crippen LogP contribution < -0.4 is 4.72 Å². The molecule has 1 aromatic carbocycles. The molecule has 1 aromatic rings. The van der Waals surface area contributed by atoms with Crippen molar-refractivity contribution >= 4 is 15.8 Å². The third-order valence-corrected chi connectivity index (χ3v) is 5.99. The minimum absolute atomic E-state index is 0.0453. The van der Waals surface area contributed by atoms with Crippen molar-refractivity contribution in [1.82, 2.24) is 4.72 Å². The van der Waals surface area contributed by atoms with Crippen LogP contribution in [0.1, 0.15) is 56.3 Å². The van der Waals surface area contributed by atoms with Gasteiger partial charge in [0.2, 0.25) is 10.0 Å². The molecule has 0 aliphatic heterocycles. The lowest BCUT2D eigenvalue weighted by molar-refractivity contribution is 0.0988. The molecule has 1 aliphatic rings. The van der Waals surface area contributed by atoms with Crippen molar-refractivity contribution in [3.8, 4) is 0 Å². The van der Waals surface area contributed by atoms with Gasteiger partial charge in [0.25, 0.3) is 0 Å². The van der Waals surface area contributed by atoms with Crippen LogP contribution in [-0.4, -0.2) is 20.7 Å². The predicted molar refractivity (Wildman–Crippen MR) is 82.8 cm³/mol. The Morgan fingerprint density at radius 3 is 2.52 bits per heavy atom. The second-order valence-electron chi connectivity index (χ2n) is 5.84. The van der Waals surface area contributed by atoms with Gasteiger partial charge in [-0.2, -0.15) is 0 Å². The van der Waals surface area contributed by atoms with Gasteiger partial charge in [-0.1, -0.05) is 32.4 Å². The number of hydrogen-bond acceptors (Lipinski definition) is 3. The van der Waals surface area contributed by atoms with Crippen LogP contribution in [0.2, 0.25) is 0 Å². The number of hydrogen-bond donors (Lipinski definition) is 1. The molecule has 116 valence electrons. The van der Waals surface area contributed by atoms with Gasteiger partial charge < -0.3 is 0 Å². The highest BCUT2D eigenvalue weighted by molar-refractivity contribution is 7.89. The van der Waals surface area contributed by atoms with Crippen molar-refractivity contribution in [2.45, 2.75) is 50.8 Å². The Labute approximate surface area is 127 Å². The van der Waals surface area contributed by atoms with Crippen molar-refractivity contribution < 1.29 is 13.2 Å². The van der Waals surface area contributed by atoms with E-state index in [1.165, 1.54) is 18.6 Å². The molecular weight excluding hydrogens is 286 g/mol. The Kier molecular flexibility index (Phi) is 4.84. The summed E-state index contributed by atoms with van der Waals surface area (Å²) in [5.74, 6) is -0.0453. The predicted octanol–water partition coefficient (Wildman–Crippen LogP) is 3.14. The summed E-state index contributed by atoms with van der Waals surface area (Å²) in [6, 6.07) is 6.28. The minimum Gasteiger partial charge on any atom is -0.294 e. The first-order valence-electron chi connectivity index (χ1n) is 7.55. The van der Waals surface area contributed by atoms with Crippen LogP contribution in [0, 0.1) is 5.41 Å². The molecule has 0 atom stereocenters. The van der Waals surface area contributed by atoms with Gasteiger partial charge in [-0.25, -0.2) is 13.1 Å². The van der Waals surface area contributed by atoms with E-state index in [2.05, 4.69) is 11.6 Å². The van der Waals surface area contributed by atoms with Gasteiger partial charge in [0.15, 0.2) is 5.78 Å². The third kappa shape index (κ3) is 3.52. The van der Waals surface area contributed by atoms with Crippen molar-refractivity contribution in [2.24, 2.45) is 5.41 Å². The lowest BCUT2D eigenvalue weighted by atomic mass is 9.67. The van der Waals surface area contributed by atoms with Crippen LogP contribution in [0.25, 0.3) is 0 Å². The maximum Gasteiger partial charge on any atom is 0.240 e. The van der Waals surface area contributed by atoms with E-state index in [0.29, 0.717) is 18.5 Å². The Balaban J connectivity index is 2.14. The standard InChI is InChI=1S/C16H23NO3S/c1-3-15(18)13-7-5-8-14(11-13)21(19,20)17-12-16(4-2)9-6-10-16/h5,7-8,11,17H,3-4,6,9-10,12H2,1-2H3. The number of nitrogens with one attached hydrogen (secondary N) is 1. The SMILES string of the molecule is CCC(=O)c1cccc(S(=O)(=O)NCC2(CC)CCC2)c1. The molecule has 1 saturated carbocycles. The van der Waals surface area contributed by atoms with Crippen LogP contribution in [0.3, 0.4) is 0 Å². The van der Waals surface area contributed by atoms with Crippen LogP contribution in [0.5, 0.6) is 0 Å². The molecule has 0 unspecified atom stereocenters. The number of rotatable bonds is 7. The first kappa shape index (κ1) is 16.2. The number of ketones is 1. The molecule has 0 heterocycles. The summed E-state index contributed by atoms with van der Waals surface area (Å²) < 4.78 is 27.5. The largest absolute Gasteiger partial charge is 0.294 e. The quantitative estimate of drug-likeness (QED) is 0.787. The fourth-order valence-corrected chi connectivity index (χ4v) is 3.91. The van der Waals surface area contributed by atoms with Gasteiger partial charge in [-0.05, 0) is 36.8 Å². The highest BCUT2D eigenvalue weighted by Gasteiger charge is 2.36. The molecule has 2 rings (SSSR count). The van der Waals surface area contributed by atoms with Gasteiger partial charge >= 0.3 is 0 Å². The molecule has 1 N–H and O–H groups in total. The summed E-state index contributed by atoms with van der Waals surface area (Å²) >= 11 is 0. The van der Waals surface area contributed by atoms with Crippen LogP contribution >= 0.6 is 0 Å². The van der Waals surface area contributed by atoms with E-state index >= 15 is 0 Å². The number of carbonyl (C=O) groups is 1. The van der Waals surface area contributed by atoms with E-state index < -0.39 is 10.0 Å². The van der Waals surface area contributed by atoms with E-state index in [1.807, 2.05) is 0 Å². The molecule has 4 nitrogen and oxygen atoms in total. The topological polar surface area (TPSA) is 63.2 Å². The second-order valence-corrected chi connectivity index (χ2v) is 7.60. The Bertz CT molecular complexity index is 613. The fraction of sp³-hybridized carbons (Fsp3) is 0.562. The Hall–Kier alpha value is -1.20. The monoisotopic (exact) mass is 309 g/mol. The fourth-order valence-electron chi connectivity index (χ4n) is 2.70. The summed E-state index contributed by atoms with van der Waals surface area (Å²) in [5, 5.41) is 0. The zero-order chi connectivity index (χ0) is 15.5. The average Bonchev–Trinajstić information content (AvgIpc) is 2.46.